The Hall–Kier alpha value is -1.88. The molecule has 2 heterocycles. The summed E-state index contributed by atoms with van der Waals surface area (Å²) in [6.07, 6.45) is 6.79. The second-order valence-corrected chi connectivity index (χ2v) is 10.9. The molecule has 0 unspecified atom stereocenters. The van der Waals surface area contributed by atoms with E-state index in [2.05, 4.69) is 13.8 Å². The summed E-state index contributed by atoms with van der Waals surface area (Å²) in [7, 11) is 0. The van der Waals surface area contributed by atoms with Gasteiger partial charge in [-0.3, -0.25) is 4.79 Å². The van der Waals surface area contributed by atoms with Crippen molar-refractivity contribution in [3.8, 4) is 0 Å². The molecule has 0 spiro atoms. The van der Waals surface area contributed by atoms with Gasteiger partial charge >= 0.3 is 5.97 Å². The van der Waals surface area contributed by atoms with Crippen LogP contribution in [0.1, 0.15) is 75.6 Å². The van der Waals surface area contributed by atoms with Crippen LogP contribution in [0.2, 0.25) is 0 Å². The zero-order valence-corrected chi connectivity index (χ0v) is 18.8. The van der Waals surface area contributed by atoms with Crippen molar-refractivity contribution in [3.05, 3.63) is 35.9 Å². The van der Waals surface area contributed by atoms with Crippen molar-refractivity contribution in [1.82, 2.24) is 4.90 Å². The quantitative estimate of drug-likeness (QED) is 0.722. The summed E-state index contributed by atoms with van der Waals surface area (Å²) < 4.78 is 6.10. The van der Waals surface area contributed by atoms with Crippen LogP contribution in [0.4, 0.5) is 0 Å². The minimum absolute atomic E-state index is 0.0195. The smallest absolute Gasteiger partial charge is 0.338 e. The number of aliphatic hydroxyl groups is 1. The molecule has 2 aliphatic heterocycles. The van der Waals surface area contributed by atoms with Crippen LogP contribution < -0.4 is 0 Å². The van der Waals surface area contributed by atoms with Gasteiger partial charge in [0.25, 0.3) is 0 Å². The number of piperidine rings is 1. The number of esters is 1. The molecule has 7 atom stereocenters. The lowest BCUT2D eigenvalue weighted by molar-refractivity contribution is -0.148. The molecule has 4 fully saturated rings. The Balaban J connectivity index is 1.39. The minimum Gasteiger partial charge on any atom is -0.458 e. The number of β-amino-alcohol motifs (C(OH)–C–C–N with tert-alkyl or cyclic N) is 1. The molecule has 5 nitrogen and oxygen atoms in total. The number of carbonyl (C=O) groups is 2. The van der Waals surface area contributed by atoms with Gasteiger partial charge in [-0.15, -0.1) is 0 Å². The number of hydrogen-bond donors (Lipinski definition) is 1. The van der Waals surface area contributed by atoms with E-state index in [0.29, 0.717) is 36.3 Å². The Morgan fingerprint density at radius 3 is 2.58 bits per heavy atom. The van der Waals surface area contributed by atoms with Crippen LogP contribution in [0.5, 0.6) is 0 Å². The van der Waals surface area contributed by atoms with Crippen molar-refractivity contribution in [2.45, 2.75) is 83.0 Å². The van der Waals surface area contributed by atoms with Gasteiger partial charge in [0, 0.05) is 23.9 Å². The van der Waals surface area contributed by atoms with Crippen molar-refractivity contribution in [1.29, 1.82) is 0 Å². The maximum atomic E-state index is 13.0. The molecule has 1 amide bonds. The van der Waals surface area contributed by atoms with E-state index in [-0.39, 0.29) is 28.9 Å². The first-order valence-corrected chi connectivity index (χ1v) is 12.1. The fourth-order valence-corrected chi connectivity index (χ4v) is 7.68. The molecule has 31 heavy (non-hydrogen) atoms. The third kappa shape index (κ3) is 3.31. The van der Waals surface area contributed by atoms with Gasteiger partial charge in [-0.1, -0.05) is 25.1 Å². The van der Waals surface area contributed by atoms with Gasteiger partial charge in [-0.2, -0.15) is 0 Å². The van der Waals surface area contributed by atoms with Crippen molar-refractivity contribution >= 4 is 11.9 Å². The van der Waals surface area contributed by atoms with Crippen LogP contribution >= 0.6 is 0 Å². The van der Waals surface area contributed by atoms with Crippen LogP contribution in [-0.4, -0.2) is 46.2 Å². The van der Waals surface area contributed by atoms with Gasteiger partial charge in [0.2, 0.25) is 5.91 Å². The number of amides is 1. The Labute approximate surface area is 185 Å². The highest BCUT2D eigenvalue weighted by molar-refractivity contribution is 5.89. The number of rotatable bonds is 2. The molecule has 2 saturated heterocycles. The fourth-order valence-electron chi connectivity index (χ4n) is 7.68. The Bertz CT molecular complexity index is 856. The lowest BCUT2D eigenvalue weighted by atomic mass is 9.54. The van der Waals surface area contributed by atoms with Gasteiger partial charge in [-0.25, -0.2) is 4.79 Å². The summed E-state index contributed by atoms with van der Waals surface area (Å²) in [5.74, 6) is 1.42. The fraction of sp³-hybridized carbons (Fsp3) is 0.692. The number of nitrogens with zero attached hydrogens (tertiary/aromatic N) is 1. The molecule has 168 valence electrons. The number of aliphatic hydroxyl groups excluding tert-OH is 1. The highest BCUT2D eigenvalue weighted by Crippen LogP contribution is 2.62. The molecule has 2 saturated carbocycles. The van der Waals surface area contributed by atoms with Gasteiger partial charge in [0.15, 0.2) is 0 Å². The van der Waals surface area contributed by atoms with Crippen LogP contribution in [-0.2, 0) is 9.53 Å². The number of ether oxygens (including phenoxy) is 1. The van der Waals surface area contributed by atoms with Crippen molar-refractivity contribution in [3.63, 3.8) is 0 Å². The second kappa shape index (κ2) is 7.61. The number of hydrogen-bond acceptors (Lipinski definition) is 4. The van der Waals surface area contributed by atoms with E-state index < -0.39 is 6.10 Å². The van der Waals surface area contributed by atoms with E-state index in [9.17, 15) is 14.7 Å². The van der Waals surface area contributed by atoms with Gasteiger partial charge in [-0.05, 0) is 81.8 Å². The molecule has 5 rings (SSSR count). The van der Waals surface area contributed by atoms with E-state index in [0.717, 1.165) is 44.9 Å². The van der Waals surface area contributed by atoms with E-state index in [1.54, 1.807) is 0 Å². The standard InChI is InChI=1S/C26H35NO4/c1-25-14-13-21-19(8-11-23(29)27-16-18(28)12-15-26(21,27)2)20(25)9-10-22(25)31-24(30)17-6-4-3-5-7-17/h3-7,18-22,28H,8-16H2,1-2H3/t18-,19+,20+,21+,22+,25+,26-/m1/s1. The monoisotopic (exact) mass is 425 g/mol. The van der Waals surface area contributed by atoms with Crippen molar-refractivity contribution in [2.24, 2.45) is 23.2 Å². The summed E-state index contributed by atoms with van der Waals surface area (Å²) in [5, 5.41) is 10.2. The molecule has 0 radical (unpaired) electrons. The van der Waals surface area contributed by atoms with Crippen LogP contribution in [0.15, 0.2) is 30.3 Å². The molecule has 4 aliphatic rings. The average molecular weight is 426 g/mol. The second-order valence-electron chi connectivity index (χ2n) is 10.9. The largest absolute Gasteiger partial charge is 0.458 e. The lowest BCUT2D eigenvalue weighted by Crippen LogP contribution is -2.61. The molecule has 0 aromatic heterocycles. The van der Waals surface area contributed by atoms with Gasteiger partial charge in [0.05, 0.1) is 11.7 Å². The SMILES string of the molecule is C[C@]12CC[C@H]3[C@@H](CCC(=O)N4C[C@H](O)CC[C@]34C)[C@@H]1CC[C@@H]2OC(=O)c1ccccc1. The Morgan fingerprint density at radius 2 is 1.81 bits per heavy atom. The first-order chi connectivity index (χ1) is 14.8. The summed E-state index contributed by atoms with van der Waals surface area (Å²) in [4.78, 5) is 27.8. The van der Waals surface area contributed by atoms with Crippen LogP contribution in [0.25, 0.3) is 0 Å². The van der Waals surface area contributed by atoms with Crippen LogP contribution in [0, 0.1) is 23.2 Å². The van der Waals surface area contributed by atoms with Crippen LogP contribution in [0.3, 0.4) is 0 Å². The highest BCUT2D eigenvalue weighted by Gasteiger charge is 2.60. The minimum atomic E-state index is -0.393. The molecule has 1 N–H and O–H groups in total. The molecular formula is C26H35NO4. The highest BCUT2D eigenvalue weighted by atomic mass is 16.5. The summed E-state index contributed by atoms with van der Waals surface area (Å²) in [5.41, 5.74) is 0.443. The van der Waals surface area contributed by atoms with Crippen molar-refractivity contribution < 1.29 is 19.4 Å². The summed E-state index contributed by atoms with van der Waals surface area (Å²) in [6.45, 7) is 5.07. The maximum absolute atomic E-state index is 13.0. The third-order valence-corrected chi connectivity index (χ3v) is 9.39. The third-order valence-electron chi connectivity index (χ3n) is 9.39. The molecule has 0 bridgehead atoms. The molecule has 5 heteroatoms. The predicted molar refractivity (Wildman–Crippen MR) is 117 cm³/mol. The number of benzene rings is 1. The first-order valence-electron chi connectivity index (χ1n) is 12.1. The lowest BCUT2D eigenvalue weighted by Gasteiger charge is -2.56. The topological polar surface area (TPSA) is 66.8 Å². The Morgan fingerprint density at radius 1 is 1.03 bits per heavy atom. The zero-order valence-electron chi connectivity index (χ0n) is 18.8. The first kappa shape index (κ1) is 21.0. The summed E-state index contributed by atoms with van der Waals surface area (Å²) >= 11 is 0. The molecular weight excluding hydrogens is 390 g/mol. The van der Waals surface area contributed by atoms with E-state index >= 15 is 0 Å². The van der Waals surface area contributed by atoms with Crippen molar-refractivity contribution in [2.75, 3.05) is 6.54 Å². The maximum Gasteiger partial charge on any atom is 0.338 e. The van der Waals surface area contributed by atoms with Gasteiger partial charge in [0.1, 0.15) is 6.10 Å². The van der Waals surface area contributed by atoms with E-state index in [4.69, 9.17) is 4.74 Å². The normalized spacial score (nSPS) is 42.2. The Kier molecular flexibility index (Phi) is 5.16. The summed E-state index contributed by atoms with van der Waals surface area (Å²) in [6, 6.07) is 9.29. The van der Waals surface area contributed by atoms with E-state index in [1.165, 1.54) is 0 Å². The molecule has 1 aromatic rings. The molecule has 1 aromatic carbocycles. The number of carbonyl (C=O) groups excluding carboxylic acids is 2. The number of fused-ring (bicyclic) bond motifs is 5. The van der Waals surface area contributed by atoms with E-state index in [1.807, 2.05) is 35.2 Å². The van der Waals surface area contributed by atoms with Gasteiger partial charge < -0.3 is 14.7 Å². The zero-order chi connectivity index (χ0) is 21.8. The predicted octanol–water partition coefficient (Wildman–Crippen LogP) is 4.19. The average Bonchev–Trinajstić information content (AvgIpc) is 3.05. The molecule has 2 aliphatic carbocycles.